The number of nitrogens with one attached hydrogen (secondary N) is 1. The second-order valence-electron chi connectivity index (χ2n) is 6.21. The van der Waals surface area contributed by atoms with E-state index in [1.807, 2.05) is 0 Å². The molecule has 7 nitrogen and oxygen atoms in total. The van der Waals surface area contributed by atoms with Gasteiger partial charge in [-0.2, -0.15) is 4.31 Å². The highest BCUT2D eigenvalue weighted by atomic mass is 35.5. The summed E-state index contributed by atoms with van der Waals surface area (Å²) < 4.78 is 27.6. The average Bonchev–Trinajstić information content (AvgIpc) is 3.32. The smallest absolute Gasteiger partial charge is 0.259 e. The molecule has 1 aromatic carbocycles. The number of thiazole rings is 1. The molecule has 0 radical (unpaired) electrons. The second-order valence-corrected chi connectivity index (χ2v) is 9.94. The molecule has 3 aromatic rings. The Bertz CT molecular complexity index is 1170. The number of amides is 1. The molecule has 0 unspecified atom stereocenters. The molecule has 1 aliphatic heterocycles. The Balaban J connectivity index is 1.59. The van der Waals surface area contributed by atoms with Crippen molar-refractivity contribution < 1.29 is 13.2 Å². The van der Waals surface area contributed by atoms with Crippen LogP contribution in [0.1, 0.15) is 23.2 Å². The maximum absolute atomic E-state index is 12.7. The third-order valence-electron chi connectivity index (χ3n) is 4.34. The van der Waals surface area contributed by atoms with Gasteiger partial charge >= 0.3 is 0 Å². The third-order valence-corrected chi connectivity index (χ3v) is 7.86. The lowest BCUT2D eigenvalue weighted by atomic mass is 10.3. The molecule has 1 aliphatic rings. The van der Waals surface area contributed by atoms with Crippen LogP contribution in [-0.2, 0) is 10.0 Å². The molecule has 1 N–H and O–H groups in total. The number of nitrogens with zero attached hydrogens (tertiary/aromatic N) is 3. The molecule has 11 heteroatoms. The van der Waals surface area contributed by atoms with Crippen LogP contribution in [0.25, 0.3) is 10.2 Å². The van der Waals surface area contributed by atoms with Crippen LogP contribution >= 0.6 is 34.5 Å². The van der Waals surface area contributed by atoms with Gasteiger partial charge < -0.3 is 0 Å². The van der Waals surface area contributed by atoms with E-state index in [0.29, 0.717) is 28.4 Å². The van der Waals surface area contributed by atoms with E-state index in [2.05, 4.69) is 15.3 Å². The standard InChI is InChI=1S/C17H14Cl2N4O3S2/c18-12-7-10(9-20-15(12)19)16(24)22-17-21-13-4-3-11(8-14(13)27-17)28(25,26)23-5-1-2-6-23/h3-4,7-9H,1-2,5-6H2,(H,21,22,24). The fraction of sp³-hybridized carbons (Fsp3) is 0.235. The molecule has 0 atom stereocenters. The van der Waals surface area contributed by atoms with Gasteiger partial charge in [-0.15, -0.1) is 0 Å². The van der Waals surface area contributed by atoms with Gasteiger partial charge in [0.2, 0.25) is 10.0 Å². The largest absolute Gasteiger partial charge is 0.298 e. The summed E-state index contributed by atoms with van der Waals surface area (Å²) in [6.45, 7) is 1.09. The zero-order chi connectivity index (χ0) is 19.9. The van der Waals surface area contributed by atoms with Crippen molar-refractivity contribution in [3.8, 4) is 0 Å². The van der Waals surface area contributed by atoms with E-state index in [-0.39, 0.29) is 20.6 Å². The van der Waals surface area contributed by atoms with Crippen LogP contribution < -0.4 is 5.32 Å². The number of carbonyl (C=O) groups excluding carboxylic acids is 1. The Labute approximate surface area is 175 Å². The summed E-state index contributed by atoms with van der Waals surface area (Å²) in [5.74, 6) is -0.435. The Morgan fingerprint density at radius 3 is 2.64 bits per heavy atom. The van der Waals surface area contributed by atoms with Crippen LogP contribution in [-0.4, -0.2) is 41.7 Å². The average molecular weight is 457 g/mol. The lowest BCUT2D eigenvalue weighted by molar-refractivity contribution is 0.102. The summed E-state index contributed by atoms with van der Waals surface area (Å²) in [7, 11) is -3.51. The molecule has 2 aromatic heterocycles. The van der Waals surface area contributed by atoms with Gasteiger partial charge in [0.25, 0.3) is 5.91 Å². The minimum atomic E-state index is -3.51. The predicted molar refractivity (Wildman–Crippen MR) is 110 cm³/mol. The van der Waals surface area contributed by atoms with E-state index in [9.17, 15) is 13.2 Å². The van der Waals surface area contributed by atoms with Gasteiger partial charge in [0, 0.05) is 19.3 Å². The summed E-state index contributed by atoms with van der Waals surface area (Å²) in [5.41, 5.74) is 0.846. The van der Waals surface area contributed by atoms with Gasteiger partial charge in [0.1, 0.15) is 5.15 Å². The lowest BCUT2D eigenvalue weighted by Crippen LogP contribution is -2.27. The van der Waals surface area contributed by atoms with Crippen molar-refractivity contribution >= 4 is 65.8 Å². The maximum Gasteiger partial charge on any atom is 0.259 e. The number of benzene rings is 1. The molecule has 146 valence electrons. The number of hydrogen-bond donors (Lipinski definition) is 1. The number of carbonyl (C=O) groups is 1. The van der Waals surface area contributed by atoms with E-state index in [1.54, 1.807) is 18.2 Å². The van der Waals surface area contributed by atoms with Crippen molar-refractivity contribution in [2.24, 2.45) is 0 Å². The highest BCUT2D eigenvalue weighted by Gasteiger charge is 2.27. The fourth-order valence-corrected chi connectivity index (χ4v) is 5.70. The van der Waals surface area contributed by atoms with E-state index >= 15 is 0 Å². The number of rotatable bonds is 4. The molecule has 1 saturated heterocycles. The van der Waals surface area contributed by atoms with Crippen molar-refractivity contribution in [3.63, 3.8) is 0 Å². The topological polar surface area (TPSA) is 92.3 Å². The number of halogens is 2. The van der Waals surface area contributed by atoms with Crippen LogP contribution in [0.3, 0.4) is 0 Å². The molecule has 1 amide bonds. The molecular formula is C17H14Cl2N4O3S2. The molecule has 0 bridgehead atoms. The molecule has 0 saturated carbocycles. The number of fused-ring (bicyclic) bond motifs is 1. The van der Waals surface area contributed by atoms with Gasteiger partial charge in [-0.05, 0) is 37.1 Å². The number of anilines is 1. The monoisotopic (exact) mass is 456 g/mol. The minimum Gasteiger partial charge on any atom is -0.298 e. The van der Waals surface area contributed by atoms with Gasteiger partial charge in [-0.1, -0.05) is 34.5 Å². The fourth-order valence-electron chi connectivity index (χ4n) is 2.91. The number of pyridine rings is 1. The lowest BCUT2D eigenvalue weighted by Gasteiger charge is -2.15. The van der Waals surface area contributed by atoms with E-state index < -0.39 is 15.9 Å². The van der Waals surface area contributed by atoms with Crippen molar-refractivity contribution in [3.05, 3.63) is 46.2 Å². The first-order valence-corrected chi connectivity index (χ1v) is 11.4. The molecule has 4 rings (SSSR count). The number of hydrogen-bond acceptors (Lipinski definition) is 6. The van der Waals surface area contributed by atoms with E-state index in [1.165, 1.54) is 27.9 Å². The molecule has 0 spiro atoms. The summed E-state index contributed by atoms with van der Waals surface area (Å²) in [4.78, 5) is 20.8. The Kier molecular flexibility index (Phi) is 5.28. The normalized spacial score (nSPS) is 15.2. The quantitative estimate of drug-likeness (QED) is 0.598. The van der Waals surface area contributed by atoms with Gasteiger partial charge in [0.05, 0.1) is 25.7 Å². The summed E-state index contributed by atoms with van der Waals surface area (Å²) in [6.07, 6.45) is 3.07. The second kappa shape index (κ2) is 7.57. The summed E-state index contributed by atoms with van der Waals surface area (Å²) in [6, 6.07) is 6.20. The van der Waals surface area contributed by atoms with Gasteiger partial charge in [0.15, 0.2) is 5.13 Å². The Morgan fingerprint density at radius 1 is 1.18 bits per heavy atom. The van der Waals surface area contributed by atoms with Crippen LogP contribution in [0.15, 0.2) is 35.4 Å². The van der Waals surface area contributed by atoms with Crippen molar-refractivity contribution in [2.45, 2.75) is 17.7 Å². The summed E-state index contributed by atoms with van der Waals surface area (Å²) >= 11 is 12.8. The van der Waals surface area contributed by atoms with Crippen molar-refractivity contribution in [1.82, 2.24) is 14.3 Å². The first kappa shape index (κ1) is 19.5. The third kappa shape index (κ3) is 3.72. The zero-order valence-corrected chi connectivity index (χ0v) is 17.5. The van der Waals surface area contributed by atoms with E-state index in [4.69, 9.17) is 23.2 Å². The SMILES string of the molecule is O=C(Nc1nc2ccc(S(=O)(=O)N3CCCC3)cc2s1)c1cnc(Cl)c(Cl)c1. The van der Waals surface area contributed by atoms with Crippen LogP contribution in [0.5, 0.6) is 0 Å². The first-order valence-electron chi connectivity index (χ1n) is 8.38. The Morgan fingerprint density at radius 2 is 1.93 bits per heavy atom. The van der Waals surface area contributed by atoms with Crippen LogP contribution in [0, 0.1) is 0 Å². The predicted octanol–water partition coefficient (Wildman–Crippen LogP) is 4.03. The Hall–Kier alpha value is -1.78. The van der Waals surface area contributed by atoms with E-state index in [0.717, 1.165) is 12.8 Å². The van der Waals surface area contributed by atoms with Crippen LogP contribution in [0.4, 0.5) is 5.13 Å². The molecular weight excluding hydrogens is 443 g/mol. The number of aromatic nitrogens is 2. The highest BCUT2D eigenvalue weighted by molar-refractivity contribution is 7.89. The zero-order valence-electron chi connectivity index (χ0n) is 14.4. The molecule has 28 heavy (non-hydrogen) atoms. The number of sulfonamides is 1. The molecule has 1 fully saturated rings. The molecule has 3 heterocycles. The van der Waals surface area contributed by atoms with Crippen molar-refractivity contribution in [2.75, 3.05) is 18.4 Å². The molecule has 0 aliphatic carbocycles. The maximum atomic E-state index is 12.7. The van der Waals surface area contributed by atoms with Gasteiger partial charge in [-0.25, -0.2) is 18.4 Å². The van der Waals surface area contributed by atoms with Gasteiger partial charge in [-0.3, -0.25) is 10.1 Å². The minimum absolute atomic E-state index is 0.116. The van der Waals surface area contributed by atoms with Crippen LogP contribution in [0.2, 0.25) is 10.2 Å². The van der Waals surface area contributed by atoms with Crippen molar-refractivity contribution in [1.29, 1.82) is 0 Å². The highest BCUT2D eigenvalue weighted by Crippen LogP contribution is 2.30. The summed E-state index contributed by atoms with van der Waals surface area (Å²) in [5, 5.41) is 3.32. The first-order chi connectivity index (χ1) is 13.3.